The highest BCUT2D eigenvalue weighted by Crippen LogP contribution is 2.27. The summed E-state index contributed by atoms with van der Waals surface area (Å²) in [5, 5.41) is 3.35. The zero-order valence-electron chi connectivity index (χ0n) is 12.8. The Morgan fingerprint density at radius 2 is 1.75 bits per heavy atom. The third-order valence-corrected chi connectivity index (χ3v) is 3.45. The first-order valence-corrected chi connectivity index (χ1v) is 7.15. The van der Waals surface area contributed by atoms with Crippen LogP contribution in [0.15, 0.2) is 36.4 Å². The van der Waals surface area contributed by atoms with Crippen LogP contribution in [0.4, 0.5) is 0 Å². The maximum atomic E-state index is 6.01. The van der Waals surface area contributed by atoms with Crippen LogP contribution >= 0.6 is 0 Å². The molecule has 1 N–H and O–H groups in total. The first-order chi connectivity index (χ1) is 9.60. The van der Waals surface area contributed by atoms with E-state index in [0.717, 1.165) is 30.2 Å². The lowest BCUT2D eigenvalue weighted by atomic mass is 10.1. The van der Waals surface area contributed by atoms with E-state index in [9.17, 15) is 0 Å². The van der Waals surface area contributed by atoms with Crippen molar-refractivity contribution >= 4 is 0 Å². The Morgan fingerprint density at radius 1 is 0.950 bits per heavy atom. The van der Waals surface area contributed by atoms with Crippen LogP contribution in [0.3, 0.4) is 0 Å². The third-order valence-electron chi connectivity index (χ3n) is 3.45. The van der Waals surface area contributed by atoms with Crippen LogP contribution in [0.1, 0.15) is 29.2 Å². The summed E-state index contributed by atoms with van der Waals surface area (Å²) in [5.74, 6) is 1.83. The molecular weight excluding hydrogens is 246 g/mol. The molecule has 2 rings (SSSR count). The van der Waals surface area contributed by atoms with Crippen molar-refractivity contribution in [3.8, 4) is 11.5 Å². The second-order valence-electron chi connectivity index (χ2n) is 5.24. The highest BCUT2D eigenvalue weighted by molar-refractivity contribution is 5.42. The molecule has 0 amide bonds. The van der Waals surface area contributed by atoms with Crippen molar-refractivity contribution in [3.63, 3.8) is 0 Å². The minimum Gasteiger partial charge on any atom is -0.457 e. The molecule has 0 aromatic heterocycles. The van der Waals surface area contributed by atoms with Crippen LogP contribution in [-0.2, 0) is 6.54 Å². The van der Waals surface area contributed by atoms with Crippen LogP contribution in [0, 0.1) is 20.8 Å². The van der Waals surface area contributed by atoms with E-state index in [0.29, 0.717) is 0 Å². The van der Waals surface area contributed by atoms with E-state index in [-0.39, 0.29) is 0 Å². The molecule has 0 aliphatic rings. The van der Waals surface area contributed by atoms with Gasteiger partial charge in [0, 0.05) is 6.54 Å². The first kappa shape index (κ1) is 14.6. The fourth-order valence-corrected chi connectivity index (χ4v) is 2.13. The van der Waals surface area contributed by atoms with Crippen LogP contribution in [0.25, 0.3) is 0 Å². The van der Waals surface area contributed by atoms with Crippen molar-refractivity contribution in [2.75, 3.05) is 6.54 Å². The maximum absolute atomic E-state index is 6.01. The topological polar surface area (TPSA) is 21.3 Å². The lowest BCUT2D eigenvalue weighted by molar-refractivity contribution is 0.477. The Hall–Kier alpha value is -1.80. The Labute approximate surface area is 121 Å². The molecule has 0 aliphatic heterocycles. The van der Waals surface area contributed by atoms with Gasteiger partial charge < -0.3 is 10.1 Å². The van der Waals surface area contributed by atoms with E-state index < -0.39 is 0 Å². The summed E-state index contributed by atoms with van der Waals surface area (Å²) in [6.07, 6.45) is 0. The quantitative estimate of drug-likeness (QED) is 0.862. The minimum atomic E-state index is 0.899. The molecule has 0 saturated carbocycles. The standard InChI is InChI=1S/C18H23NO/c1-5-19-12-16-8-9-17(11-15(16)4)20-18-10-13(2)6-7-14(18)3/h6-11,19H,5,12H2,1-4H3. The number of nitrogens with one attached hydrogen (secondary N) is 1. The SMILES string of the molecule is CCNCc1ccc(Oc2cc(C)ccc2C)cc1C. The fraction of sp³-hybridized carbons (Fsp3) is 0.333. The molecule has 0 spiro atoms. The molecule has 0 aliphatic carbocycles. The molecule has 0 bridgehead atoms. The lowest BCUT2D eigenvalue weighted by Crippen LogP contribution is -2.12. The fourth-order valence-electron chi connectivity index (χ4n) is 2.13. The lowest BCUT2D eigenvalue weighted by Gasteiger charge is -2.12. The van der Waals surface area contributed by atoms with Gasteiger partial charge in [-0.15, -0.1) is 0 Å². The van der Waals surface area contributed by atoms with Crippen LogP contribution in [-0.4, -0.2) is 6.54 Å². The molecule has 0 radical (unpaired) electrons. The second-order valence-corrected chi connectivity index (χ2v) is 5.24. The Morgan fingerprint density at radius 3 is 2.45 bits per heavy atom. The maximum Gasteiger partial charge on any atom is 0.130 e. The Balaban J connectivity index is 2.17. The van der Waals surface area contributed by atoms with Crippen molar-refractivity contribution in [1.82, 2.24) is 5.32 Å². The van der Waals surface area contributed by atoms with Gasteiger partial charge in [0.25, 0.3) is 0 Å². The number of benzene rings is 2. The monoisotopic (exact) mass is 269 g/mol. The van der Waals surface area contributed by atoms with Crippen molar-refractivity contribution in [3.05, 3.63) is 58.7 Å². The number of ether oxygens (including phenoxy) is 1. The summed E-state index contributed by atoms with van der Waals surface area (Å²) in [4.78, 5) is 0. The second kappa shape index (κ2) is 6.58. The minimum absolute atomic E-state index is 0.899. The van der Waals surface area contributed by atoms with E-state index in [2.05, 4.69) is 63.3 Å². The molecule has 0 unspecified atom stereocenters. The van der Waals surface area contributed by atoms with Gasteiger partial charge >= 0.3 is 0 Å². The van der Waals surface area contributed by atoms with Gasteiger partial charge in [0.15, 0.2) is 0 Å². The highest BCUT2D eigenvalue weighted by Gasteiger charge is 2.04. The van der Waals surface area contributed by atoms with Crippen LogP contribution in [0.5, 0.6) is 11.5 Å². The van der Waals surface area contributed by atoms with E-state index in [1.807, 2.05) is 6.07 Å². The largest absolute Gasteiger partial charge is 0.457 e. The molecule has 2 aromatic carbocycles. The summed E-state index contributed by atoms with van der Waals surface area (Å²) in [6.45, 7) is 10.3. The van der Waals surface area contributed by atoms with Crippen molar-refractivity contribution in [2.24, 2.45) is 0 Å². The molecule has 2 aromatic rings. The van der Waals surface area contributed by atoms with Gasteiger partial charge in [-0.2, -0.15) is 0 Å². The number of hydrogen-bond acceptors (Lipinski definition) is 2. The molecule has 0 heterocycles. The summed E-state index contributed by atoms with van der Waals surface area (Å²) in [6, 6.07) is 12.6. The molecule has 2 heteroatoms. The normalized spacial score (nSPS) is 10.6. The van der Waals surface area contributed by atoms with Gasteiger partial charge in [0.05, 0.1) is 0 Å². The van der Waals surface area contributed by atoms with E-state index in [1.54, 1.807) is 0 Å². The number of rotatable bonds is 5. The van der Waals surface area contributed by atoms with E-state index >= 15 is 0 Å². The molecular formula is C18H23NO. The average Bonchev–Trinajstić information content (AvgIpc) is 2.42. The molecule has 20 heavy (non-hydrogen) atoms. The number of aryl methyl sites for hydroxylation is 3. The summed E-state index contributed by atoms with van der Waals surface area (Å²) in [5.41, 5.74) is 4.95. The van der Waals surface area contributed by atoms with E-state index in [1.165, 1.54) is 16.7 Å². The zero-order chi connectivity index (χ0) is 14.5. The van der Waals surface area contributed by atoms with Crippen LogP contribution in [0.2, 0.25) is 0 Å². The van der Waals surface area contributed by atoms with E-state index in [4.69, 9.17) is 4.74 Å². The Bertz CT molecular complexity index is 590. The third kappa shape index (κ3) is 3.61. The summed E-state index contributed by atoms with van der Waals surface area (Å²) < 4.78 is 6.01. The van der Waals surface area contributed by atoms with Gasteiger partial charge in [-0.3, -0.25) is 0 Å². The van der Waals surface area contributed by atoms with Gasteiger partial charge in [-0.05, 0) is 67.8 Å². The van der Waals surface area contributed by atoms with Crippen molar-refractivity contribution < 1.29 is 4.74 Å². The van der Waals surface area contributed by atoms with Gasteiger partial charge in [0.1, 0.15) is 11.5 Å². The van der Waals surface area contributed by atoms with Gasteiger partial charge in [-0.1, -0.05) is 25.1 Å². The summed E-state index contributed by atoms with van der Waals surface area (Å²) in [7, 11) is 0. The molecule has 2 nitrogen and oxygen atoms in total. The summed E-state index contributed by atoms with van der Waals surface area (Å²) >= 11 is 0. The predicted molar refractivity (Wildman–Crippen MR) is 84.5 cm³/mol. The highest BCUT2D eigenvalue weighted by atomic mass is 16.5. The smallest absolute Gasteiger partial charge is 0.130 e. The molecule has 106 valence electrons. The zero-order valence-corrected chi connectivity index (χ0v) is 12.8. The molecule has 0 saturated heterocycles. The van der Waals surface area contributed by atoms with Crippen LogP contribution < -0.4 is 10.1 Å². The first-order valence-electron chi connectivity index (χ1n) is 7.15. The predicted octanol–water partition coefficient (Wildman–Crippen LogP) is 4.51. The van der Waals surface area contributed by atoms with Crippen molar-refractivity contribution in [2.45, 2.75) is 34.2 Å². The van der Waals surface area contributed by atoms with Crippen molar-refractivity contribution in [1.29, 1.82) is 0 Å². The average molecular weight is 269 g/mol. The molecule has 0 fully saturated rings. The Kier molecular flexibility index (Phi) is 4.80. The van der Waals surface area contributed by atoms with Gasteiger partial charge in [-0.25, -0.2) is 0 Å². The van der Waals surface area contributed by atoms with Gasteiger partial charge in [0.2, 0.25) is 0 Å². The number of hydrogen-bond donors (Lipinski definition) is 1. The molecule has 0 atom stereocenters.